The highest BCUT2D eigenvalue weighted by molar-refractivity contribution is 5.54. The van der Waals surface area contributed by atoms with E-state index in [1.165, 1.54) is 0 Å². The first-order valence-corrected chi connectivity index (χ1v) is 5.47. The zero-order valence-electron chi connectivity index (χ0n) is 9.50. The van der Waals surface area contributed by atoms with E-state index in [9.17, 15) is 0 Å². The predicted molar refractivity (Wildman–Crippen MR) is 67.0 cm³/mol. The summed E-state index contributed by atoms with van der Waals surface area (Å²) in [6, 6.07) is 7.73. The molecule has 2 aromatic heterocycles. The maximum absolute atomic E-state index is 5.57. The average Bonchev–Trinajstić information content (AvgIpc) is 2.75. The molecule has 0 fully saturated rings. The van der Waals surface area contributed by atoms with Crippen molar-refractivity contribution >= 4 is 0 Å². The Bertz CT molecular complexity index is 522. The highest BCUT2D eigenvalue weighted by Crippen LogP contribution is 2.16. The second-order valence-corrected chi connectivity index (χ2v) is 3.64. The van der Waals surface area contributed by atoms with Gasteiger partial charge in [0.15, 0.2) is 0 Å². The van der Waals surface area contributed by atoms with Crippen molar-refractivity contribution in [3.63, 3.8) is 0 Å². The van der Waals surface area contributed by atoms with Crippen LogP contribution in [0.5, 0.6) is 0 Å². The molecule has 0 aliphatic rings. The third kappa shape index (κ3) is 2.52. The molecule has 4 nitrogen and oxygen atoms in total. The number of pyridine rings is 1. The minimum atomic E-state index is 0.460. The van der Waals surface area contributed by atoms with E-state index in [0.717, 1.165) is 23.5 Å². The fourth-order valence-corrected chi connectivity index (χ4v) is 1.67. The lowest BCUT2D eigenvalue weighted by atomic mass is 10.2. The highest BCUT2D eigenvalue weighted by atomic mass is 15.3. The summed E-state index contributed by atoms with van der Waals surface area (Å²) in [5, 5.41) is 4.44. The first-order chi connectivity index (χ1) is 8.35. The standard InChI is InChI=1S/C13H14N4/c1-2-9-17-11(6-7-14)10-13(16-17)12-5-3-4-8-15-12/h1,3-5,8,10H,6-7,9,14H2. The van der Waals surface area contributed by atoms with Crippen molar-refractivity contribution in [2.24, 2.45) is 5.73 Å². The number of hydrogen-bond acceptors (Lipinski definition) is 3. The Hall–Kier alpha value is -2.12. The van der Waals surface area contributed by atoms with Crippen LogP contribution < -0.4 is 5.73 Å². The summed E-state index contributed by atoms with van der Waals surface area (Å²) >= 11 is 0. The molecule has 0 bridgehead atoms. The highest BCUT2D eigenvalue weighted by Gasteiger charge is 2.08. The molecule has 2 rings (SSSR count). The third-order valence-electron chi connectivity index (χ3n) is 2.43. The van der Waals surface area contributed by atoms with Gasteiger partial charge in [-0.3, -0.25) is 9.67 Å². The van der Waals surface area contributed by atoms with Gasteiger partial charge in [-0.2, -0.15) is 5.10 Å². The van der Waals surface area contributed by atoms with E-state index in [4.69, 9.17) is 12.2 Å². The van der Waals surface area contributed by atoms with Crippen LogP contribution >= 0.6 is 0 Å². The molecule has 17 heavy (non-hydrogen) atoms. The molecule has 86 valence electrons. The van der Waals surface area contributed by atoms with Crippen molar-refractivity contribution in [2.45, 2.75) is 13.0 Å². The number of aromatic nitrogens is 3. The molecule has 2 N–H and O–H groups in total. The average molecular weight is 226 g/mol. The number of rotatable bonds is 4. The molecule has 0 atom stereocenters. The summed E-state index contributed by atoms with van der Waals surface area (Å²) in [6.07, 6.45) is 7.83. The predicted octanol–water partition coefficient (Wildman–Crippen LogP) is 1.08. The maximum Gasteiger partial charge on any atom is 0.111 e. The lowest BCUT2D eigenvalue weighted by Gasteiger charge is -2.00. The molecule has 0 radical (unpaired) electrons. The smallest absolute Gasteiger partial charge is 0.111 e. The Morgan fingerprint density at radius 1 is 1.35 bits per heavy atom. The normalized spacial score (nSPS) is 10.1. The quantitative estimate of drug-likeness (QED) is 0.794. The van der Waals surface area contributed by atoms with Crippen LogP contribution in [-0.2, 0) is 13.0 Å². The van der Waals surface area contributed by atoms with Crippen LogP contribution in [0.1, 0.15) is 5.69 Å². The summed E-state index contributed by atoms with van der Waals surface area (Å²) in [7, 11) is 0. The molecular weight excluding hydrogens is 212 g/mol. The Balaban J connectivity index is 2.37. The summed E-state index contributed by atoms with van der Waals surface area (Å²) in [5.41, 5.74) is 8.30. The van der Waals surface area contributed by atoms with Gasteiger partial charge in [0.25, 0.3) is 0 Å². The number of nitrogens with two attached hydrogens (primary N) is 1. The third-order valence-corrected chi connectivity index (χ3v) is 2.43. The lowest BCUT2D eigenvalue weighted by molar-refractivity contribution is 0.667. The minimum absolute atomic E-state index is 0.460. The van der Waals surface area contributed by atoms with Crippen molar-refractivity contribution in [3.8, 4) is 23.7 Å². The van der Waals surface area contributed by atoms with Crippen molar-refractivity contribution < 1.29 is 0 Å². The van der Waals surface area contributed by atoms with Gasteiger partial charge in [0.05, 0.1) is 5.69 Å². The largest absolute Gasteiger partial charge is 0.330 e. The Kier molecular flexibility index (Phi) is 3.53. The fraction of sp³-hybridized carbons (Fsp3) is 0.231. The van der Waals surface area contributed by atoms with Gasteiger partial charge in [0.1, 0.15) is 12.2 Å². The number of nitrogens with zero attached hydrogens (tertiary/aromatic N) is 3. The lowest BCUT2D eigenvalue weighted by Crippen LogP contribution is -2.09. The summed E-state index contributed by atoms with van der Waals surface area (Å²) < 4.78 is 1.80. The molecule has 0 aliphatic carbocycles. The maximum atomic E-state index is 5.57. The van der Waals surface area contributed by atoms with Crippen molar-refractivity contribution in [1.82, 2.24) is 14.8 Å². The molecule has 0 aliphatic heterocycles. The molecule has 0 aromatic carbocycles. The van der Waals surface area contributed by atoms with E-state index in [1.54, 1.807) is 10.9 Å². The molecule has 2 heterocycles. The Labute approximate surface area is 100 Å². The first kappa shape index (κ1) is 11.4. The Morgan fingerprint density at radius 2 is 2.24 bits per heavy atom. The SMILES string of the molecule is C#CCn1nc(-c2ccccn2)cc1CCN. The molecule has 0 saturated carbocycles. The van der Waals surface area contributed by atoms with Crippen LogP contribution in [0.15, 0.2) is 30.5 Å². The van der Waals surface area contributed by atoms with Crippen molar-refractivity contribution in [2.75, 3.05) is 6.54 Å². The molecule has 0 amide bonds. The number of hydrogen-bond donors (Lipinski definition) is 1. The fourth-order valence-electron chi connectivity index (χ4n) is 1.67. The van der Waals surface area contributed by atoms with Crippen LogP contribution in [0.25, 0.3) is 11.4 Å². The van der Waals surface area contributed by atoms with Gasteiger partial charge in [-0.1, -0.05) is 12.0 Å². The molecule has 0 saturated heterocycles. The van der Waals surface area contributed by atoms with E-state index in [0.29, 0.717) is 13.1 Å². The zero-order valence-corrected chi connectivity index (χ0v) is 9.50. The zero-order chi connectivity index (χ0) is 12.1. The van der Waals surface area contributed by atoms with Crippen LogP contribution in [0.2, 0.25) is 0 Å². The van der Waals surface area contributed by atoms with E-state index >= 15 is 0 Å². The van der Waals surface area contributed by atoms with Crippen LogP contribution in [0.3, 0.4) is 0 Å². The topological polar surface area (TPSA) is 56.7 Å². The van der Waals surface area contributed by atoms with Gasteiger partial charge in [0, 0.05) is 18.3 Å². The van der Waals surface area contributed by atoms with Crippen LogP contribution in [0.4, 0.5) is 0 Å². The Morgan fingerprint density at radius 3 is 2.88 bits per heavy atom. The summed E-state index contributed by atoms with van der Waals surface area (Å²) in [6.45, 7) is 1.04. The van der Waals surface area contributed by atoms with Gasteiger partial charge in [-0.25, -0.2) is 0 Å². The molecule has 0 unspecified atom stereocenters. The molecular formula is C13H14N4. The minimum Gasteiger partial charge on any atom is -0.330 e. The van der Waals surface area contributed by atoms with Crippen LogP contribution in [0, 0.1) is 12.3 Å². The first-order valence-electron chi connectivity index (χ1n) is 5.47. The summed E-state index contributed by atoms with van der Waals surface area (Å²) in [4.78, 5) is 4.26. The van der Waals surface area contributed by atoms with Crippen molar-refractivity contribution in [1.29, 1.82) is 0 Å². The van der Waals surface area contributed by atoms with Crippen LogP contribution in [-0.4, -0.2) is 21.3 Å². The van der Waals surface area contributed by atoms with E-state index < -0.39 is 0 Å². The van der Waals surface area contributed by atoms with Gasteiger partial charge < -0.3 is 5.73 Å². The van der Waals surface area contributed by atoms with E-state index in [-0.39, 0.29) is 0 Å². The van der Waals surface area contributed by atoms with Gasteiger partial charge in [-0.15, -0.1) is 6.42 Å². The van der Waals surface area contributed by atoms with Gasteiger partial charge in [0.2, 0.25) is 0 Å². The van der Waals surface area contributed by atoms with Crippen molar-refractivity contribution in [3.05, 3.63) is 36.2 Å². The molecule has 0 spiro atoms. The van der Waals surface area contributed by atoms with E-state index in [2.05, 4.69) is 16.0 Å². The van der Waals surface area contributed by atoms with Gasteiger partial charge >= 0.3 is 0 Å². The van der Waals surface area contributed by atoms with Gasteiger partial charge in [-0.05, 0) is 24.7 Å². The molecule has 2 aromatic rings. The number of terminal acetylenes is 1. The molecule has 4 heteroatoms. The second-order valence-electron chi connectivity index (χ2n) is 3.64. The summed E-state index contributed by atoms with van der Waals surface area (Å²) in [5.74, 6) is 2.59. The monoisotopic (exact) mass is 226 g/mol. The second kappa shape index (κ2) is 5.28. The van der Waals surface area contributed by atoms with E-state index in [1.807, 2.05) is 24.3 Å².